The average Bonchev–Trinajstić information content (AvgIpc) is 2.94. The van der Waals surface area contributed by atoms with Gasteiger partial charge in [-0.05, 0) is 32.8 Å². The molecule has 0 bridgehead atoms. The zero-order chi connectivity index (χ0) is 15.1. The van der Waals surface area contributed by atoms with Crippen molar-refractivity contribution in [3.63, 3.8) is 0 Å². The molecule has 0 aromatic carbocycles. The summed E-state index contributed by atoms with van der Waals surface area (Å²) in [7, 11) is 0. The number of amides is 2. The number of carbonyl (C=O) groups excluding carboxylic acids is 2. The second-order valence-corrected chi connectivity index (χ2v) is 6.28. The molecule has 2 atom stereocenters. The van der Waals surface area contributed by atoms with Gasteiger partial charge in [0.1, 0.15) is 5.76 Å². The molecule has 1 aliphatic carbocycles. The highest BCUT2D eigenvalue weighted by Gasteiger charge is 2.54. The Hall–Kier alpha value is -1.63. The Morgan fingerprint density at radius 3 is 2.50 bits per heavy atom. The third-order valence-corrected chi connectivity index (χ3v) is 4.84. The fourth-order valence-electron chi connectivity index (χ4n) is 1.96. The monoisotopic (exact) mass is 342 g/mol. The van der Waals surface area contributed by atoms with E-state index in [9.17, 15) is 14.4 Å². The van der Waals surface area contributed by atoms with Crippen molar-refractivity contribution in [1.29, 1.82) is 0 Å². The lowest BCUT2D eigenvalue weighted by molar-refractivity contribution is -0.126. The predicted octanol–water partition coefficient (Wildman–Crippen LogP) is 1.19. The maximum atomic E-state index is 12.0. The second-order valence-electron chi connectivity index (χ2n) is 5.18. The molecule has 2 rings (SSSR count). The van der Waals surface area contributed by atoms with E-state index in [1.165, 1.54) is 13.0 Å². The topological polar surface area (TPSA) is 88.4 Å². The number of hydrazine groups is 1. The fourth-order valence-corrected chi connectivity index (χ4v) is 2.84. The van der Waals surface area contributed by atoms with Crippen LogP contribution in [0, 0.1) is 19.3 Å². The molecule has 1 heterocycles. The van der Waals surface area contributed by atoms with Gasteiger partial charge in [0.25, 0.3) is 5.91 Å². The van der Waals surface area contributed by atoms with E-state index in [0.29, 0.717) is 5.56 Å². The van der Waals surface area contributed by atoms with E-state index < -0.39 is 16.9 Å². The van der Waals surface area contributed by atoms with Crippen molar-refractivity contribution in [2.24, 2.45) is 5.41 Å². The predicted molar refractivity (Wildman–Crippen MR) is 75.5 cm³/mol. The smallest absolute Gasteiger partial charge is 0.336 e. The molecule has 7 heteroatoms. The second kappa shape index (κ2) is 5.05. The maximum absolute atomic E-state index is 12.0. The van der Waals surface area contributed by atoms with Crippen LogP contribution >= 0.6 is 15.9 Å². The van der Waals surface area contributed by atoms with Crippen LogP contribution in [0.5, 0.6) is 0 Å². The van der Waals surface area contributed by atoms with Crippen molar-refractivity contribution in [1.82, 2.24) is 10.9 Å². The highest BCUT2D eigenvalue weighted by atomic mass is 79.9. The van der Waals surface area contributed by atoms with Crippen LogP contribution in [0.2, 0.25) is 0 Å². The number of halogens is 1. The Kier molecular flexibility index (Phi) is 3.73. The number of hydrogen-bond acceptors (Lipinski definition) is 4. The number of alkyl halides is 1. The SMILES string of the molecule is Cc1cc(=O)oc(C)c1C(=O)NNC(=O)[C@]1(C)C[C@H]1Br. The van der Waals surface area contributed by atoms with Crippen molar-refractivity contribution in [2.75, 3.05) is 0 Å². The average molecular weight is 343 g/mol. The third-order valence-electron chi connectivity index (χ3n) is 3.50. The van der Waals surface area contributed by atoms with E-state index in [1.807, 2.05) is 6.92 Å². The molecule has 0 radical (unpaired) electrons. The van der Waals surface area contributed by atoms with Crippen LogP contribution in [-0.4, -0.2) is 16.6 Å². The summed E-state index contributed by atoms with van der Waals surface area (Å²) in [5.74, 6) is -0.536. The van der Waals surface area contributed by atoms with Gasteiger partial charge in [-0.1, -0.05) is 15.9 Å². The maximum Gasteiger partial charge on any atom is 0.336 e. The van der Waals surface area contributed by atoms with Gasteiger partial charge in [-0.2, -0.15) is 0 Å². The number of rotatable bonds is 2. The first-order valence-corrected chi connectivity index (χ1v) is 7.03. The first-order valence-electron chi connectivity index (χ1n) is 6.12. The molecule has 1 saturated carbocycles. The summed E-state index contributed by atoms with van der Waals surface area (Å²) in [5.41, 5.74) is 4.50. The number of aryl methyl sites for hydroxylation is 2. The normalized spacial score (nSPS) is 24.1. The number of nitrogens with one attached hydrogen (secondary N) is 2. The zero-order valence-electron chi connectivity index (χ0n) is 11.4. The Bertz CT molecular complexity index is 613. The van der Waals surface area contributed by atoms with E-state index in [2.05, 4.69) is 26.8 Å². The quantitative estimate of drug-likeness (QED) is 0.624. The summed E-state index contributed by atoms with van der Waals surface area (Å²) < 4.78 is 4.88. The van der Waals surface area contributed by atoms with Gasteiger partial charge in [-0.3, -0.25) is 20.4 Å². The minimum atomic E-state index is -0.507. The Balaban J connectivity index is 2.06. The lowest BCUT2D eigenvalue weighted by atomic mass is 10.1. The molecular formula is C13H15BrN2O4. The van der Waals surface area contributed by atoms with E-state index >= 15 is 0 Å². The molecule has 0 saturated heterocycles. The molecule has 0 aliphatic heterocycles. The minimum Gasteiger partial charge on any atom is -0.427 e. The molecule has 1 aliphatic rings. The van der Waals surface area contributed by atoms with Crippen LogP contribution in [0.1, 0.15) is 35.0 Å². The minimum absolute atomic E-state index is 0.130. The summed E-state index contributed by atoms with van der Waals surface area (Å²) >= 11 is 3.37. The Morgan fingerprint density at radius 2 is 2.00 bits per heavy atom. The van der Waals surface area contributed by atoms with E-state index in [1.54, 1.807) is 6.92 Å². The summed E-state index contributed by atoms with van der Waals surface area (Å²) in [5, 5.41) is 0. The summed E-state index contributed by atoms with van der Waals surface area (Å²) in [6, 6.07) is 1.24. The molecule has 1 aromatic rings. The standard InChI is InChI=1S/C13H15BrN2O4/c1-6-4-9(17)20-7(2)10(6)11(18)15-16-12(19)13(3)5-8(13)14/h4,8H,5H2,1-3H3,(H,15,18)(H,16,19)/t8-,13-/m1/s1. The summed E-state index contributed by atoms with van der Waals surface area (Å²) in [6.07, 6.45) is 0.729. The van der Waals surface area contributed by atoms with Crippen molar-refractivity contribution in [3.8, 4) is 0 Å². The van der Waals surface area contributed by atoms with Crippen LogP contribution in [0.4, 0.5) is 0 Å². The number of carbonyl (C=O) groups is 2. The molecule has 108 valence electrons. The van der Waals surface area contributed by atoms with Crippen LogP contribution in [-0.2, 0) is 4.79 Å². The highest BCUT2D eigenvalue weighted by molar-refractivity contribution is 9.09. The molecule has 20 heavy (non-hydrogen) atoms. The van der Waals surface area contributed by atoms with Gasteiger partial charge in [-0.15, -0.1) is 0 Å². The van der Waals surface area contributed by atoms with Gasteiger partial charge in [0.05, 0.1) is 11.0 Å². The largest absolute Gasteiger partial charge is 0.427 e. The van der Waals surface area contributed by atoms with E-state index in [-0.39, 0.29) is 22.1 Å². The first-order chi connectivity index (χ1) is 9.25. The van der Waals surface area contributed by atoms with E-state index in [0.717, 1.165) is 6.42 Å². The van der Waals surface area contributed by atoms with Crippen molar-refractivity contribution in [3.05, 3.63) is 33.4 Å². The third kappa shape index (κ3) is 2.63. The Morgan fingerprint density at radius 1 is 1.40 bits per heavy atom. The molecule has 0 spiro atoms. The van der Waals surface area contributed by atoms with E-state index in [4.69, 9.17) is 4.42 Å². The molecule has 6 nitrogen and oxygen atoms in total. The molecule has 1 fully saturated rings. The van der Waals surface area contributed by atoms with Crippen molar-refractivity contribution < 1.29 is 14.0 Å². The highest BCUT2D eigenvalue weighted by Crippen LogP contribution is 2.51. The fraction of sp³-hybridized carbons (Fsp3) is 0.462. The van der Waals surface area contributed by atoms with Crippen LogP contribution < -0.4 is 16.5 Å². The Labute approximate surface area is 124 Å². The molecule has 2 N–H and O–H groups in total. The van der Waals surface area contributed by atoms with Gasteiger partial charge in [0.15, 0.2) is 0 Å². The van der Waals surface area contributed by atoms with Gasteiger partial charge in [-0.25, -0.2) is 4.79 Å². The van der Waals surface area contributed by atoms with Gasteiger partial charge >= 0.3 is 5.63 Å². The van der Waals surface area contributed by atoms with Gasteiger partial charge in [0.2, 0.25) is 5.91 Å². The molecular weight excluding hydrogens is 328 g/mol. The van der Waals surface area contributed by atoms with Crippen molar-refractivity contribution >= 4 is 27.7 Å². The lowest BCUT2D eigenvalue weighted by Crippen LogP contribution is -2.45. The molecule has 0 unspecified atom stereocenters. The van der Waals surface area contributed by atoms with Crippen molar-refractivity contribution in [2.45, 2.75) is 32.0 Å². The van der Waals surface area contributed by atoms with Gasteiger partial charge in [0, 0.05) is 10.9 Å². The lowest BCUT2D eigenvalue weighted by Gasteiger charge is -2.13. The van der Waals surface area contributed by atoms with Crippen LogP contribution in [0.15, 0.2) is 15.3 Å². The zero-order valence-corrected chi connectivity index (χ0v) is 13.0. The van der Waals surface area contributed by atoms with Crippen LogP contribution in [0.3, 0.4) is 0 Å². The summed E-state index contributed by atoms with van der Waals surface area (Å²) in [4.78, 5) is 35.2. The van der Waals surface area contributed by atoms with Gasteiger partial charge < -0.3 is 4.42 Å². The molecule has 1 aromatic heterocycles. The number of hydrogen-bond donors (Lipinski definition) is 2. The first kappa shape index (κ1) is 14.8. The summed E-state index contributed by atoms with van der Waals surface area (Å²) in [6.45, 7) is 4.98. The van der Waals surface area contributed by atoms with Crippen LogP contribution in [0.25, 0.3) is 0 Å². The molecule has 2 amide bonds.